The van der Waals surface area contributed by atoms with Gasteiger partial charge in [-0.05, 0) is 49.4 Å². The predicted octanol–water partition coefficient (Wildman–Crippen LogP) is 4.68. The van der Waals surface area contributed by atoms with Gasteiger partial charge in [-0.3, -0.25) is 9.88 Å². The Balaban J connectivity index is 1.41. The minimum Gasteiger partial charge on any atom is -0.493 e. The molecule has 0 radical (unpaired) electrons. The molecule has 9 nitrogen and oxygen atoms in total. The van der Waals surface area contributed by atoms with Gasteiger partial charge in [0, 0.05) is 28.9 Å². The Kier molecular flexibility index (Phi) is 6.32. The SMILES string of the molecule is CC(C)(C)c1cc(NC(=O)Nc2ccc(-n3cnc4cc(OCCCN)ccc43)cc2)no1. The zero-order valence-electron chi connectivity index (χ0n) is 19.0. The van der Waals surface area contributed by atoms with E-state index in [1.807, 2.05) is 67.8 Å². The zero-order chi connectivity index (χ0) is 23.4. The third-order valence-electron chi connectivity index (χ3n) is 5.03. The summed E-state index contributed by atoms with van der Waals surface area (Å²) in [7, 11) is 0. The lowest BCUT2D eigenvalue weighted by Gasteiger charge is -2.12. The number of ether oxygens (including phenoxy) is 1. The summed E-state index contributed by atoms with van der Waals surface area (Å²) >= 11 is 0. The van der Waals surface area contributed by atoms with Gasteiger partial charge in [-0.25, -0.2) is 9.78 Å². The van der Waals surface area contributed by atoms with Gasteiger partial charge in [0.2, 0.25) is 0 Å². The maximum absolute atomic E-state index is 12.3. The maximum atomic E-state index is 12.3. The third kappa shape index (κ3) is 5.32. The van der Waals surface area contributed by atoms with E-state index in [0.29, 0.717) is 30.4 Å². The van der Waals surface area contributed by atoms with Gasteiger partial charge in [0.05, 0.1) is 17.6 Å². The van der Waals surface area contributed by atoms with Crippen molar-refractivity contribution in [2.75, 3.05) is 23.8 Å². The molecule has 0 aliphatic rings. The second-order valence-electron chi connectivity index (χ2n) is 8.71. The second kappa shape index (κ2) is 9.33. The van der Waals surface area contributed by atoms with E-state index in [-0.39, 0.29) is 5.41 Å². The average Bonchev–Trinajstić information content (AvgIpc) is 3.41. The van der Waals surface area contributed by atoms with Gasteiger partial charge in [-0.2, -0.15) is 0 Å². The number of rotatable bonds is 7. The fourth-order valence-corrected chi connectivity index (χ4v) is 3.23. The highest BCUT2D eigenvalue weighted by Crippen LogP contribution is 2.25. The van der Waals surface area contributed by atoms with E-state index in [2.05, 4.69) is 20.8 Å². The first kappa shape index (κ1) is 22.3. The molecule has 0 atom stereocenters. The van der Waals surface area contributed by atoms with Crippen LogP contribution in [0, 0.1) is 0 Å². The first-order valence-corrected chi connectivity index (χ1v) is 10.8. The van der Waals surface area contributed by atoms with Gasteiger partial charge in [0.1, 0.15) is 17.8 Å². The number of hydrogen-bond donors (Lipinski definition) is 3. The molecule has 2 aromatic heterocycles. The number of benzene rings is 2. The van der Waals surface area contributed by atoms with Crippen molar-refractivity contribution < 1.29 is 14.1 Å². The predicted molar refractivity (Wildman–Crippen MR) is 128 cm³/mol. The molecule has 2 aromatic carbocycles. The first-order valence-electron chi connectivity index (χ1n) is 10.8. The number of carbonyl (C=O) groups excluding carboxylic acids is 1. The Bertz CT molecular complexity index is 1240. The van der Waals surface area contributed by atoms with Crippen LogP contribution in [-0.2, 0) is 5.41 Å². The van der Waals surface area contributed by atoms with Crippen LogP contribution in [-0.4, -0.2) is 33.9 Å². The Labute approximate surface area is 191 Å². The highest BCUT2D eigenvalue weighted by molar-refractivity contribution is 5.99. The molecule has 4 N–H and O–H groups in total. The van der Waals surface area contributed by atoms with Crippen molar-refractivity contribution in [2.45, 2.75) is 32.6 Å². The lowest BCUT2D eigenvalue weighted by Crippen LogP contribution is -2.19. The molecule has 172 valence electrons. The Morgan fingerprint density at radius 3 is 2.61 bits per heavy atom. The molecule has 0 saturated heterocycles. The van der Waals surface area contributed by atoms with Gasteiger partial charge >= 0.3 is 6.03 Å². The van der Waals surface area contributed by atoms with Crippen LogP contribution < -0.4 is 21.1 Å². The Morgan fingerprint density at radius 1 is 1.12 bits per heavy atom. The number of imidazole rings is 1. The fraction of sp³-hybridized carbons (Fsp3) is 0.292. The molecule has 4 aromatic rings. The van der Waals surface area contributed by atoms with Crippen molar-refractivity contribution in [3.63, 3.8) is 0 Å². The van der Waals surface area contributed by atoms with E-state index >= 15 is 0 Å². The fourth-order valence-electron chi connectivity index (χ4n) is 3.23. The lowest BCUT2D eigenvalue weighted by atomic mass is 9.93. The molecule has 2 heterocycles. The maximum Gasteiger partial charge on any atom is 0.324 e. The van der Waals surface area contributed by atoms with E-state index in [1.165, 1.54) is 0 Å². The van der Waals surface area contributed by atoms with Crippen LogP contribution in [0.5, 0.6) is 5.75 Å². The van der Waals surface area contributed by atoms with E-state index in [0.717, 1.165) is 28.9 Å². The number of nitrogens with two attached hydrogens (primary N) is 1. The summed E-state index contributed by atoms with van der Waals surface area (Å²) in [5.41, 5.74) is 8.69. The zero-order valence-corrected chi connectivity index (χ0v) is 19.0. The summed E-state index contributed by atoms with van der Waals surface area (Å²) in [6.45, 7) is 7.22. The van der Waals surface area contributed by atoms with Crippen molar-refractivity contribution in [1.29, 1.82) is 0 Å². The number of carbonyl (C=O) groups is 1. The van der Waals surface area contributed by atoms with Gasteiger partial charge in [-0.15, -0.1) is 0 Å². The van der Waals surface area contributed by atoms with E-state index < -0.39 is 6.03 Å². The Hall–Kier alpha value is -3.85. The number of fused-ring (bicyclic) bond motifs is 1. The molecule has 0 bridgehead atoms. The highest BCUT2D eigenvalue weighted by Gasteiger charge is 2.20. The van der Waals surface area contributed by atoms with Crippen LogP contribution in [0.25, 0.3) is 16.7 Å². The smallest absolute Gasteiger partial charge is 0.324 e. The quantitative estimate of drug-likeness (QED) is 0.353. The van der Waals surface area contributed by atoms with Crippen LogP contribution in [0.4, 0.5) is 16.3 Å². The molecule has 9 heteroatoms. The second-order valence-corrected chi connectivity index (χ2v) is 8.71. The average molecular weight is 449 g/mol. The molecule has 2 amide bonds. The summed E-state index contributed by atoms with van der Waals surface area (Å²) < 4.78 is 13.0. The molecule has 0 saturated carbocycles. The van der Waals surface area contributed by atoms with Crippen molar-refractivity contribution >= 4 is 28.6 Å². The Morgan fingerprint density at radius 2 is 1.91 bits per heavy atom. The molecule has 0 aliphatic heterocycles. The monoisotopic (exact) mass is 448 g/mol. The number of anilines is 2. The molecular formula is C24H28N6O3. The summed E-state index contributed by atoms with van der Waals surface area (Å²) in [6.07, 6.45) is 2.57. The number of nitrogens with zero attached hydrogens (tertiary/aromatic N) is 3. The summed E-state index contributed by atoms with van der Waals surface area (Å²) in [4.78, 5) is 16.8. The van der Waals surface area contributed by atoms with Crippen LogP contribution in [0.3, 0.4) is 0 Å². The lowest BCUT2D eigenvalue weighted by molar-refractivity contribution is 0.262. The van der Waals surface area contributed by atoms with Crippen molar-refractivity contribution in [3.8, 4) is 11.4 Å². The van der Waals surface area contributed by atoms with Crippen molar-refractivity contribution in [3.05, 3.63) is 60.6 Å². The minimum atomic E-state index is -0.397. The van der Waals surface area contributed by atoms with Crippen LogP contribution >= 0.6 is 0 Å². The number of aromatic nitrogens is 3. The molecule has 0 aliphatic carbocycles. The number of nitrogens with one attached hydrogen (secondary N) is 2. The first-order chi connectivity index (χ1) is 15.8. The van der Waals surface area contributed by atoms with E-state index in [4.69, 9.17) is 15.0 Å². The topological polar surface area (TPSA) is 120 Å². The summed E-state index contributed by atoms with van der Waals surface area (Å²) in [5.74, 6) is 1.84. The third-order valence-corrected chi connectivity index (χ3v) is 5.03. The molecule has 0 fully saturated rings. The normalized spacial score (nSPS) is 11.5. The van der Waals surface area contributed by atoms with Crippen LogP contribution in [0.2, 0.25) is 0 Å². The number of urea groups is 1. The number of hydrogen-bond acceptors (Lipinski definition) is 6. The van der Waals surface area contributed by atoms with Gasteiger partial charge < -0.3 is 20.3 Å². The largest absolute Gasteiger partial charge is 0.493 e. The summed E-state index contributed by atoms with van der Waals surface area (Å²) in [6, 6.07) is 14.6. The van der Waals surface area contributed by atoms with Crippen LogP contribution in [0.15, 0.2) is 59.4 Å². The molecule has 0 spiro atoms. The molecule has 33 heavy (non-hydrogen) atoms. The molecule has 4 rings (SSSR count). The van der Waals surface area contributed by atoms with Gasteiger partial charge in [0.25, 0.3) is 0 Å². The number of amides is 2. The van der Waals surface area contributed by atoms with Crippen molar-refractivity contribution in [1.82, 2.24) is 14.7 Å². The highest BCUT2D eigenvalue weighted by atomic mass is 16.5. The molecular weight excluding hydrogens is 420 g/mol. The standard InChI is InChI=1S/C24H28N6O3/c1-24(2,3)21-14-22(29-33-21)28-23(31)27-16-5-7-17(8-6-16)30-15-26-19-13-18(9-10-20(19)30)32-12-4-11-25/h5-10,13-15H,4,11-12,25H2,1-3H3,(H2,27,28,29,31). The van der Waals surface area contributed by atoms with E-state index in [1.54, 1.807) is 12.4 Å². The van der Waals surface area contributed by atoms with E-state index in [9.17, 15) is 4.79 Å². The minimum absolute atomic E-state index is 0.185. The molecule has 0 unspecified atom stereocenters. The summed E-state index contributed by atoms with van der Waals surface area (Å²) in [5, 5.41) is 9.38. The van der Waals surface area contributed by atoms with Crippen LogP contribution in [0.1, 0.15) is 33.0 Å². The van der Waals surface area contributed by atoms with Gasteiger partial charge in [-0.1, -0.05) is 25.9 Å². The van der Waals surface area contributed by atoms with Gasteiger partial charge in [0.15, 0.2) is 5.82 Å². The van der Waals surface area contributed by atoms with Crippen molar-refractivity contribution in [2.24, 2.45) is 5.73 Å².